The third-order valence-electron chi connectivity index (χ3n) is 4.49. The fourth-order valence-electron chi connectivity index (χ4n) is 3.13. The number of allylic oxidation sites excluding steroid dienone is 1. The van der Waals surface area contributed by atoms with Crippen molar-refractivity contribution in [3.05, 3.63) is 46.8 Å². The topological polar surface area (TPSA) is 57.6 Å². The van der Waals surface area contributed by atoms with Crippen LogP contribution in [0.2, 0.25) is 0 Å². The minimum absolute atomic E-state index is 0.0470. The molecule has 1 N–H and O–H groups in total. The van der Waals surface area contributed by atoms with Crippen molar-refractivity contribution in [2.45, 2.75) is 31.6 Å². The van der Waals surface area contributed by atoms with Gasteiger partial charge in [0.05, 0.1) is 5.56 Å². The van der Waals surface area contributed by atoms with Crippen LogP contribution < -0.4 is 0 Å². The normalized spacial score (nSPS) is 21.0. The van der Waals surface area contributed by atoms with Crippen molar-refractivity contribution in [1.29, 1.82) is 0 Å². The Bertz CT molecular complexity index is 653. The number of nitrogens with zero attached hydrogens (tertiary/aromatic N) is 1. The molecule has 0 saturated carbocycles. The summed E-state index contributed by atoms with van der Waals surface area (Å²) in [7, 11) is 0. The molecule has 1 aromatic rings. The van der Waals surface area contributed by atoms with Crippen molar-refractivity contribution >= 4 is 11.9 Å². The van der Waals surface area contributed by atoms with E-state index in [0.29, 0.717) is 18.7 Å². The first-order chi connectivity index (χ1) is 10.6. The van der Waals surface area contributed by atoms with E-state index in [1.807, 2.05) is 6.08 Å². The van der Waals surface area contributed by atoms with Gasteiger partial charge in [-0.3, -0.25) is 4.79 Å². The van der Waals surface area contributed by atoms with Gasteiger partial charge in [-0.1, -0.05) is 18.2 Å². The maximum atomic E-state index is 14.4. The minimum Gasteiger partial charge on any atom is -0.478 e. The number of hydrogen-bond acceptors (Lipinski definition) is 2. The second-order valence-corrected chi connectivity index (χ2v) is 5.87. The first-order valence-corrected chi connectivity index (χ1v) is 7.58. The molecule has 1 atom stereocenters. The highest BCUT2D eigenvalue weighted by atomic mass is 19.1. The molecule has 0 spiro atoms. The van der Waals surface area contributed by atoms with Gasteiger partial charge in [0.2, 0.25) is 5.91 Å². The van der Waals surface area contributed by atoms with Gasteiger partial charge in [0.25, 0.3) is 0 Å². The lowest BCUT2D eigenvalue weighted by atomic mass is 9.88. The molecule has 22 heavy (non-hydrogen) atoms. The number of hydrogen-bond donors (Lipinski definition) is 1. The summed E-state index contributed by atoms with van der Waals surface area (Å²) in [5, 5.41) is 9.03. The van der Waals surface area contributed by atoms with E-state index >= 15 is 0 Å². The molecule has 116 valence electrons. The van der Waals surface area contributed by atoms with Gasteiger partial charge in [-0.25, -0.2) is 9.18 Å². The molecule has 0 bridgehead atoms. The molecule has 1 fully saturated rings. The van der Waals surface area contributed by atoms with Crippen molar-refractivity contribution < 1.29 is 19.1 Å². The quantitative estimate of drug-likeness (QED) is 0.934. The third kappa shape index (κ3) is 2.63. The van der Waals surface area contributed by atoms with Crippen LogP contribution in [0.25, 0.3) is 0 Å². The van der Waals surface area contributed by atoms with Crippen LogP contribution in [0, 0.1) is 5.82 Å². The van der Waals surface area contributed by atoms with Crippen molar-refractivity contribution in [3.63, 3.8) is 0 Å². The smallest absolute Gasteiger partial charge is 0.338 e. The number of rotatable bonds is 3. The van der Waals surface area contributed by atoms with E-state index in [2.05, 4.69) is 0 Å². The predicted molar refractivity (Wildman–Crippen MR) is 79.2 cm³/mol. The first kappa shape index (κ1) is 14.8. The molecule has 1 amide bonds. The molecular formula is C17H18FNO3. The van der Waals surface area contributed by atoms with E-state index in [1.54, 1.807) is 17.0 Å². The van der Waals surface area contributed by atoms with Crippen molar-refractivity contribution in [2.75, 3.05) is 13.1 Å². The Labute approximate surface area is 128 Å². The molecule has 4 nitrogen and oxygen atoms in total. The maximum Gasteiger partial charge on any atom is 0.338 e. The van der Waals surface area contributed by atoms with Crippen molar-refractivity contribution in [1.82, 2.24) is 4.90 Å². The highest BCUT2D eigenvalue weighted by molar-refractivity contribution is 5.94. The molecule has 1 heterocycles. The fraction of sp³-hybridized carbons (Fsp3) is 0.412. The summed E-state index contributed by atoms with van der Waals surface area (Å²) < 4.78 is 14.4. The summed E-state index contributed by atoms with van der Waals surface area (Å²) in [6.07, 6.45) is 5.29. The van der Waals surface area contributed by atoms with Crippen LogP contribution in [0.15, 0.2) is 29.8 Å². The van der Waals surface area contributed by atoms with Gasteiger partial charge in [0.15, 0.2) is 0 Å². The van der Waals surface area contributed by atoms with E-state index in [1.165, 1.54) is 6.07 Å². The Morgan fingerprint density at radius 2 is 2.09 bits per heavy atom. The van der Waals surface area contributed by atoms with Crippen LogP contribution in [0.5, 0.6) is 0 Å². The SMILES string of the molecule is O=C(O)c1cccc(C2CCCN(C(=O)C3=CCC3)C2)c1F. The van der Waals surface area contributed by atoms with Gasteiger partial charge >= 0.3 is 5.97 Å². The second-order valence-electron chi connectivity index (χ2n) is 5.87. The molecule has 1 saturated heterocycles. The Morgan fingerprint density at radius 1 is 1.32 bits per heavy atom. The number of carbonyl (C=O) groups excluding carboxylic acids is 1. The number of piperidine rings is 1. The first-order valence-electron chi connectivity index (χ1n) is 7.58. The zero-order chi connectivity index (χ0) is 15.7. The van der Waals surface area contributed by atoms with Gasteiger partial charge < -0.3 is 10.0 Å². The predicted octanol–water partition coefficient (Wildman–Crippen LogP) is 2.95. The standard InChI is InChI=1S/C17H18FNO3/c18-15-13(7-2-8-14(15)17(21)22)12-6-3-9-19(10-12)16(20)11-4-1-5-11/h2,4,7-8,12H,1,3,5-6,9-10H2,(H,21,22). The summed E-state index contributed by atoms with van der Waals surface area (Å²) in [6.45, 7) is 1.14. The summed E-state index contributed by atoms with van der Waals surface area (Å²) >= 11 is 0. The fourth-order valence-corrected chi connectivity index (χ4v) is 3.13. The number of amides is 1. The monoisotopic (exact) mass is 303 g/mol. The molecule has 1 aliphatic carbocycles. The number of carbonyl (C=O) groups is 2. The number of halogens is 1. The van der Waals surface area contributed by atoms with Gasteiger partial charge in [-0.15, -0.1) is 0 Å². The molecule has 0 aromatic heterocycles. The lowest BCUT2D eigenvalue weighted by molar-refractivity contribution is -0.128. The highest BCUT2D eigenvalue weighted by Gasteiger charge is 2.30. The van der Waals surface area contributed by atoms with Gasteiger partial charge in [-0.2, -0.15) is 0 Å². The largest absolute Gasteiger partial charge is 0.478 e. The second kappa shape index (κ2) is 5.91. The van der Waals surface area contributed by atoms with E-state index < -0.39 is 11.8 Å². The van der Waals surface area contributed by atoms with Crippen LogP contribution in [0.1, 0.15) is 47.5 Å². The Balaban J connectivity index is 1.81. The van der Waals surface area contributed by atoms with Crippen LogP contribution in [-0.2, 0) is 4.79 Å². The van der Waals surface area contributed by atoms with Gasteiger partial charge in [-0.05, 0) is 37.3 Å². The molecule has 2 aliphatic rings. The van der Waals surface area contributed by atoms with Crippen LogP contribution >= 0.6 is 0 Å². The summed E-state index contributed by atoms with van der Waals surface area (Å²) in [5.41, 5.74) is 0.947. The number of carboxylic acids is 1. The average Bonchev–Trinajstić information content (AvgIpc) is 2.45. The molecule has 1 aliphatic heterocycles. The number of carboxylic acid groups (broad SMARTS) is 1. The van der Waals surface area contributed by atoms with Gasteiger partial charge in [0.1, 0.15) is 5.82 Å². The van der Waals surface area contributed by atoms with E-state index in [0.717, 1.165) is 31.3 Å². The average molecular weight is 303 g/mol. The maximum absolute atomic E-state index is 14.4. The van der Waals surface area contributed by atoms with E-state index in [-0.39, 0.29) is 17.4 Å². The Morgan fingerprint density at radius 3 is 2.73 bits per heavy atom. The number of aromatic carboxylic acids is 1. The third-order valence-corrected chi connectivity index (χ3v) is 4.49. The van der Waals surface area contributed by atoms with E-state index in [4.69, 9.17) is 5.11 Å². The highest BCUT2D eigenvalue weighted by Crippen LogP contribution is 2.31. The summed E-state index contributed by atoms with van der Waals surface area (Å²) in [5.74, 6) is -2.02. The molecule has 1 unspecified atom stereocenters. The molecule has 5 heteroatoms. The zero-order valence-corrected chi connectivity index (χ0v) is 12.2. The molecular weight excluding hydrogens is 285 g/mol. The van der Waals surface area contributed by atoms with Gasteiger partial charge in [0, 0.05) is 24.6 Å². The number of likely N-dealkylation sites (tertiary alicyclic amines) is 1. The number of benzene rings is 1. The lowest BCUT2D eigenvalue weighted by Crippen LogP contribution is -2.40. The van der Waals surface area contributed by atoms with Crippen LogP contribution in [0.4, 0.5) is 4.39 Å². The van der Waals surface area contributed by atoms with Crippen molar-refractivity contribution in [2.24, 2.45) is 0 Å². The van der Waals surface area contributed by atoms with E-state index in [9.17, 15) is 14.0 Å². The molecule has 3 rings (SSSR count). The minimum atomic E-state index is -1.26. The van der Waals surface area contributed by atoms with Crippen LogP contribution in [-0.4, -0.2) is 35.0 Å². The van der Waals surface area contributed by atoms with Crippen LogP contribution in [0.3, 0.4) is 0 Å². The summed E-state index contributed by atoms with van der Waals surface area (Å²) in [4.78, 5) is 25.1. The molecule has 0 radical (unpaired) electrons. The Hall–Kier alpha value is -2.17. The molecule has 1 aromatic carbocycles. The zero-order valence-electron chi connectivity index (χ0n) is 12.2. The summed E-state index contributed by atoms with van der Waals surface area (Å²) in [6, 6.07) is 4.46. The van der Waals surface area contributed by atoms with Crippen molar-refractivity contribution in [3.8, 4) is 0 Å². The lowest BCUT2D eigenvalue weighted by Gasteiger charge is -2.34. The Kier molecular flexibility index (Phi) is 3.96.